The first-order chi connectivity index (χ1) is 22.2. The monoisotopic (exact) mass is 656 g/mol. The van der Waals surface area contributed by atoms with Crippen LogP contribution in [0.25, 0.3) is 0 Å². The molecule has 0 unspecified atom stereocenters. The summed E-state index contributed by atoms with van der Waals surface area (Å²) in [7, 11) is -2.80. The van der Waals surface area contributed by atoms with Crippen molar-refractivity contribution >= 4 is 27.7 Å². The molecule has 46 heavy (non-hydrogen) atoms. The topological polar surface area (TPSA) is 151 Å². The number of carbonyl (C=O) groups is 2. The zero-order valence-corrected chi connectivity index (χ0v) is 27.2. The van der Waals surface area contributed by atoms with Crippen LogP contribution in [0.1, 0.15) is 56.1 Å². The molecule has 0 aliphatic rings. The third-order valence-corrected chi connectivity index (χ3v) is 9.90. The minimum atomic E-state index is -4.03. The number of ether oxygens (including phenoxy) is 1. The van der Waals surface area contributed by atoms with Crippen molar-refractivity contribution < 1.29 is 32.2 Å². The molecule has 10 nitrogen and oxygen atoms in total. The molecule has 3 aromatic carbocycles. The third-order valence-electron chi connectivity index (χ3n) is 7.94. The molecule has 250 valence electrons. The molecule has 0 aliphatic carbocycles. The molecule has 0 aliphatic heterocycles. The fourth-order valence-electron chi connectivity index (χ4n) is 5.47. The number of nitrogens with zero attached hydrogens (tertiary/aromatic N) is 1. The summed E-state index contributed by atoms with van der Waals surface area (Å²) in [5.41, 5.74) is 7.80. The lowest BCUT2D eigenvalue weighted by atomic mass is 9.84. The zero-order valence-electron chi connectivity index (χ0n) is 26.3. The van der Waals surface area contributed by atoms with E-state index in [4.69, 9.17) is 10.5 Å². The third kappa shape index (κ3) is 10.0. The lowest BCUT2D eigenvalue weighted by molar-refractivity contribution is -0.124. The van der Waals surface area contributed by atoms with Crippen molar-refractivity contribution in [1.82, 2.24) is 14.9 Å². The Labute approximate surface area is 271 Å². The molecule has 0 spiro atoms. The highest BCUT2D eigenvalue weighted by Crippen LogP contribution is 2.29. The number of aliphatic hydroxyl groups excluding tert-OH is 1. The molecule has 12 heteroatoms. The van der Waals surface area contributed by atoms with Gasteiger partial charge in [-0.15, -0.1) is 0 Å². The largest absolute Gasteiger partial charge is 0.453 e. The molecule has 3 aromatic rings. The van der Waals surface area contributed by atoms with Crippen LogP contribution < -0.4 is 16.4 Å². The summed E-state index contributed by atoms with van der Waals surface area (Å²) in [5.74, 6) is -0.912. The Morgan fingerprint density at radius 3 is 2.00 bits per heavy atom. The van der Waals surface area contributed by atoms with Crippen molar-refractivity contribution in [3.05, 3.63) is 96.1 Å². The van der Waals surface area contributed by atoms with Crippen LogP contribution in [-0.4, -0.2) is 74.9 Å². The van der Waals surface area contributed by atoms with Crippen LogP contribution in [0.3, 0.4) is 0 Å². The fourth-order valence-corrected chi connectivity index (χ4v) is 7.15. The van der Waals surface area contributed by atoms with E-state index in [1.807, 2.05) is 67.6 Å². The predicted molar refractivity (Wildman–Crippen MR) is 176 cm³/mol. The van der Waals surface area contributed by atoms with Crippen LogP contribution in [0.4, 0.5) is 14.9 Å². The number of methoxy groups -OCH3 is 1. The molecule has 0 bridgehead atoms. The maximum Gasteiger partial charge on any atom is 0.407 e. The van der Waals surface area contributed by atoms with Crippen LogP contribution in [0.5, 0.6) is 0 Å². The number of rotatable bonds is 18. The number of alkyl carbamates (subject to hydrolysis) is 1. The second-order valence-corrected chi connectivity index (χ2v) is 12.9. The Morgan fingerprint density at radius 1 is 0.913 bits per heavy atom. The standard InChI is InChI=1S/C34H45FN4O6S/c1-3-28(16-10-17-29(24-40)39(23-11-22-35)46(43,44)30-20-18-27(36)19-21-30)37-33(41)32(38-34(42)45-2)31(25-12-6-4-7-13-25)26-14-8-5-9-15-26/h4-9,12-15,18-21,28-29,31-32,40H,3,10-11,16-17,22-24,36H2,1-2H3,(H,37,41)(H,38,42)/t28-,29-,32-/m0/s1. The van der Waals surface area contributed by atoms with Gasteiger partial charge in [0.2, 0.25) is 15.9 Å². The summed E-state index contributed by atoms with van der Waals surface area (Å²) >= 11 is 0. The Balaban J connectivity index is 1.78. The SMILES string of the molecule is CC[C@@H](CCC[C@@H](CO)N(CCCF)S(=O)(=O)c1ccc(N)cc1)NC(=O)[C@@H](NC(=O)OC)C(c1ccccc1)c1ccccc1. The van der Waals surface area contributed by atoms with Gasteiger partial charge in [-0.05, 0) is 67.5 Å². The number of nitrogens with two attached hydrogens (primary N) is 1. The number of anilines is 1. The van der Waals surface area contributed by atoms with Gasteiger partial charge in [-0.25, -0.2) is 13.2 Å². The van der Waals surface area contributed by atoms with Gasteiger partial charge in [-0.3, -0.25) is 9.18 Å². The quantitative estimate of drug-likeness (QED) is 0.146. The Morgan fingerprint density at radius 2 is 1.50 bits per heavy atom. The van der Waals surface area contributed by atoms with Gasteiger partial charge < -0.3 is 26.2 Å². The summed E-state index contributed by atoms with van der Waals surface area (Å²) in [6.45, 7) is 0.667. The maximum atomic E-state index is 13.9. The van der Waals surface area contributed by atoms with Gasteiger partial charge in [0, 0.05) is 30.2 Å². The van der Waals surface area contributed by atoms with Crippen LogP contribution >= 0.6 is 0 Å². The average Bonchev–Trinajstić information content (AvgIpc) is 3.07. The second-order valence-electron chi connectivity index (χ2n) is 11.0. The normalized spacial score (nSPS) is 13.6. The van der Waals surface area contributed by atoms with E-state index in [9.17, 15) is 27.5 Å². The molecule has 0 radical (unpaired) electrons. The Kier molecular flexibility index (Phi) is 14.4. The minimum absolute atomic E-state index is 0.00763. The van der Waals surface area contributed by atoms with Gasteiger partial charge in [0.25, 0.3) is 0 Å². The highest BCUT2D eigenvalue weighted by Gasteiger charge is 2.34. The summed E-state index contributed by atoms with van der Waals surface area (Å²) in [4.78, 5) is 26.3. The summed E-state index contributed by atoms with van der Waals surface area (Å²) in [6, 6.07) is 22.5. The summed E-state index contributed by atoms with van der Waals surface area (Å²) < 4.78 is 46.1. The predicted octanol–water partition coefficient (Wildman–Crippen LogP) is 4.60. The molecule has 3 rings (SSSR count). The van der Waals surface area contributed by atoms with Crippen molar-refractivity contribution in [2.45, 2.75) is 68.0 Å². The lowest BCUT2D eigenvalue weighted by Crippen LogP contribution is -2.52. The number of aliphatic hydroxyl groups is 1. The first-order valence-electron chi connectivity index (χ1n) is 15.4. The number of alkyl halides is 1. The number of hydrogen-bond acceptors (Lipinski definition) is 7. The van der Waals surface area contributed by atoms with Crippen molar-refractivity contribution in [2.24, 2.45) is 0 Å². The van der Waals surface area contributed by atoms with Gasteiger partial charge >= 0.3 is 6.09 Å². The summed E-state index contributed by atoms with van der Waals surface area (Å²) in [5, 5.41) is 16.0. The van der Waals surface area contributed by atoms with E-state index < -0.39 is 53.3 Å². The molecule has 0 heterocycles. The van der Waals surface area contributed by atoms with Crippen molar-refractivity contribution in [2.75, 3.05) is 32.7 Å². The molecular weight excluding hydrogens is 611 g/mol. The number of nitrogens with one attached hydrogen (secondary N) is 2. The van der Waals surface area contributed by atoms with E-state index in [-0.39, 0.29) is 30.3 Å². The van der Waals surface area contributed by atoms with Crippen LogP contribution in [-0.2, 0) is 19.6 Å². The highest BCUT2D eigenvalue weighted by molar-refractivity contribution is 7.89. The van der Waals surface area contributed by atoms with Crippen LogP contribution in [0.15, 0.2) is 89.8 Å². The van der Waals surface area contributed by atoms with Gasteiger partial charge in [-0.1, -0.05) is 67.6 Å². The maximum absolute atomic E-state index is 13.9. The minimum Gasteiger partial charge on any atom is -0.453 e. The zero-order chi connectivity index (χ0) is 33.5. The smallest absolute Gasteiger partial charge is 0.407 e. The first-order valence-corrected chi connectivity index (χ1v) is 16.9. The number of hydrogen-bond donors (Lipinski definition) is 4. The Hall–Kier alpha value is -4.00. The molecular formula is C34H45FN4O6S. The van der Waals surface area contributed by atoms with Crippen molar-refractivity contribution in [3.63, 3.8) is 0 Å². The van der Waals surface area contributed by atoms with Crippen molar-refractivity contribution in [1.29, 1.82) is 0 Å². The average molecular weight is 657 g/mol. The van der Waals surface area contributed by atoms with Gasteiger partial charge in [0.05, 0.1) is 25.3 Å². The van der Waals surface area contributed by atoms with Crippen molar-refractivity contribution in [3.8, 4) is 0 Å². The Bertz CT molecular complexity index is 1420. The highest BCUT2D eigenvalue weighted by atomic mass is 32.2. The van der Waals surface area contributed by atoms with Gasteiger partial charge in [0.1, 0.15) is 6.04 Å². The number of amides is 2. The summed E-state index contributed by atoms with van der Waals surface area (Å²) in [6.07, 6.45) is 1.02. The van der Waals surface area contributed by atoms with E-state index in [0.717, 1.165) is 15.4 Å². The fraction of sp³-hybridized carbons (Fsp3) is 0.412. The van der Waals surface area contributed by atoms with E-state index in [0.29, 0.717) is 24.9 Å². The van der Waals surface area contributed by atoms with E-state index >= 15 is 0 Å². The molecule has 0 saturated carbocycles. The number of nitrogen functional groups attached to an aromatic ring is 1. The number of benzene rings is 3. The molecule has 0 fully saturated rings. The van der Waals surface area contributed by atoms with Crippen LogP contribution in [0, 0.1) is 0 Å². The molecule has 3 atom stereocenters. The molecule has 5 N–H and O–H groups in total. The van der Waals surface area contributed by atoms with E-state index in [2.05, 4.69) is 10.6 Å². The first kappa shape index (κ1) is 36.5. The number of sulfonamides is 1. The van der Waals surface area contributed by atoms with E-state index in [1.54, 1.807) is 0 Å². The van der Waals surface area contributed by atoms with E-state index in [1.165, 1.54) is 31.4 Å². The lowest BCUT2D eigenvalue weighted by Gasteiger charge is -2.31. The van der Waals surface area contributed by atoms with Gasteiger partial charge in [-0.2, -0.15) is 4.31 Å². The number of halogens is 1. The van der Waals surface area contributed by atoms with Gasteiger partial charge in [0.15, 0.2) is 0 Å². The van der Waals surface area contributed by atoms with Crippen LogP contribution in [0.2, 0.25) is 0 Å². The molecule has 0 aromatic heterocycles. The number of carbonyl (C=O) groups excluding carboxylic acids is 2. The second kappa shape index (κ2) is 18.2. The molecule has 2 amide bonds. The molecule has 0 saturated heterocycles.